The molecule has 214 valence electrons. The van der Waals surface area contributed by atoms with Crippen LogP contribution in [0.1, 0.15) is 79.1 Å². The Morgan fingerprint density at radius 3 is 1.37 bits per heavy atom. The normalized spacial score (nSPS) is 11.3. The second-order valence-electron chi connectivity index (χ2n) is 10.0. The van der Waals surface area contributed by atoms with Crippen molar-refractivity contribution in [1.29, 1.82) is 0 Å². The number of hydrogen-bond acceptors (Lipinski definition) is 9. The van der Waals surface area contributed by atoms with Gasteiger partial charge in [0.1, 0.15) is 0 Å². The molecule has 2 aromatic rings. The predicted molar refractivity (Wildman–Crippen MR) is 163 cm³/mol. The summed E-state index contributed by atoms with van der Waals surface area (Å²) in [5.74, 6) is 1.68. The lowest BCUT2D eigenvalue weighted by molar-refractivity contribution is 0.274. The van der Waals surface area contributed by atoms with Crippen LogP contribution in [0, 0.1) is 0 Å². The number of aromatic nitrogens is 3. The Hall–Kier alpha value is -2.65. The summed E-state index contributed by atoms with van der Waals surface area (Å²) in [6.07, 6.45) is 9.78. The first-order valence-corrected chi connectivity index (χ1v) is 14.9. The van der Waals surface area contributed by atoms with Gasteiger partial charge in [-0.25, -0.2) is 0 Å². The number of unbranched alkanes of at least 4 members (excludes halogenated alkanes) is 4. The topological polar surface area (TPSA) is 107 Å². The molecule has 0 aliphatic heterocycles. The summed E-state index contributed by atoms with van der Waals surface area (Å²) in [7, 11) is 0. The van der Waals surface area contributed by atoms with E-state index in [0.717, 1.165) is 63.7 Å². The Kier molecular flexibility index (Phi) is 16.1. The molecule has 0 saturated heterocycles. The lowest BCUT2D eigenvalue weighted by Gasteiger charge is -2.22. The van der Waals surface area contributed by atoms with E-state index in [1.807, 2.05) is 24.3 Å². The van der Waals surface area contributed by atoms with Crippen molar-refractivity contribution in [3.05, 3.63) is 24.3 Å². The van der Waals surface area contributed by atoms with E-state index in [4.69, 9.17) is 10.7 Å². The van der Waals surface area contributed by atoms with Gasteiger partial charge in [0.05, 0.1) is 0 Å². The fourth-order valence-electron chi connectivity index (χ4n) is 4.13. The molecule has 1 aromatic carbocycles. The second kappa shape index (κ2) is 19.4. The van der Waals surface area contributed by atoms with Gasteiger partial charge in [0, 0.05) is 37.6 Å². The third-order valence-corrected chi connectivity index (χ3v) is 6.54. The Labute approximate surface area is 231 Å². The molecule has 0 fully saturated rings. The van der Waals surface area contributed by atoms with E-state index in [-0.39, 0.29) is 0 Å². The molecule has 5 N–H and O–H groups in total. The van der Waals surface area contributed by atoms with Gasteiger partial charge in [-0.1, -0.05) is 53.4 Å². The monoisotopic (exact) mass is 527 g/mol. The number of rotatable bonds is 22. The molecule has 9 heteroatoms. The fraction of sp³-hybridized carbons (Fsp3) is 0.690. The lowest BCUT2D eigenvalue weighted by atomic mass is 10.2. The third-order valence-electron chi connectivity index (χ3n) is 6.54. The standard InChI is InChI=1S/C29H53N9/c1-5-9-19-37(20-10-6-2)23-17-31-27-34-28(32-18-24-38(21-11-7-3)22-12-8-4)36-29(35-27)33-26-15-13-25(30)14-16-26/h13-16H,5-12,17-24,30H2,1-4H3,(H3,31,32,33,34,35,36). The van der Waals surface area contributed by atoms with Crippen molar-refractivity contribution in [2.45, 2.75) is 79.1 Å². The van der Waals surface area contributed by atoms with Gasteiger partial charge in [0.25, 0.3) is 0 Å². The van der Waals surface area contributed by atoms with Gasteiger partial charge in [0.15, 0.2) is 0 Å². The number of nitrogens with zero attached hydrogens (tertiary/aromatic N) is 5. The van der Waals surface area contributed by atoms with E-state index in [0.29, 0.717) is 17.8 Å². The molecule has 0 amide bonds. The van der Waals surface area contributed by atoms with E-state index < -0.39 is 0 Å². The lowest BCUT2D eigenvalue weighted by Crippen LogP contribution is -2.32. The summed E-state index contributed by atoms with van der Waals surface area (Å²) < 4.78 is 0. The van der Waals surface area contributed by atoms with Crippen LogP contribution in [0.15, 0.2) is 24.3 Å². The van der Waals surface area contributed by atoms with Crippen LogP contribution in [0.3, 0.4) is 0 Å². The summed E-state index contributed by atoms with van der Waals surface area (Å²) in [5.41, 5.74) is 7.46. The number of hydrogen-bond donors (Lipinski definition) is 4. The Balaban J connectivity index is 2.06. The average Bonchev–Trinajstić information content (AvgIpc) is 2.92. The number of nitrogen functional groups attached to an aromatic ring is 1. The molecule has 2 rings (SSSR count). The summed E-state index contributed by atoms with van der Waals surface area (Å²) in [5, 5.41) is 10.2. The summed E-state index contributed by atoms with van der Waals surface area (Å²) in [6.45, 7) is 17.1. The average molecular weight is 528 g/mol. The SMILES string of the molecule is CCCCN(CCCC)CCNc1nc(NCCN(CCCC)CCCC)nc(Nc2ccc(N)cc2)n1. The smallest absolute Gasteiger partial charge is 0.233 e. The number of nitrogens with two attached hydrogens (primary N) is 1. The van der Waals surface area contributed by atoms with Gasteiger partial charge in [-0.3, -0.25) is 0 Å². The van der Waals surface area contributed by atoms with E-state index in [2.05, 4.69) is 63.4 Å². The number of anilines is 5. The van der Waals surface area contributed by atoms with Crippen molar-refractivity contribution in [3.63, 3.8) is 0 Å². The van der Waals surface area contributed by atoms with Gasteiger partial charge in [-0.15, -0.1) is 0 Å². The zero-order chi connectivity index (χ0) is 27.4. The van der Waals surface area contributed by atoms with Crippen LogP contribution >= 0.6 is 0 Å². The van der Waals surface area contributed by atoms with Crippen molar-refractivity contribution in [2.24, 2.45) is 0 Å². The third kappa shape index (κ3) is 13.2. The molecule has 1 heterocycles. The predicted octanol–water partition coefficient (Wildman–Crippen LogP) is 5.83. The summed E-state index contributed by atoms with van der Waals surface area (Å²) >= 11 is 0. The van der Waals surface area contributed by atoms with Crippen LogP contribution in [-0.4, -0.2) is 77.1 Å². The van der Waals surface area contributed by atoms with Gasteiger partial charge in [-0.2, -0.15) is 15.0 Å². The molecular weight excluding hydrogens is 474 g/mol. The van der Waals surface area contributed by atoms with Gasteiger partial charge in [0.2, 0.25) is 17.8 Å². The van der Waals surface area contributed by atoms with Crippen LogP contribution in [0.25, 0.3) is 0 Å². The molecule has 0 unspecified atom stereocenters. The van der Waals surface area contributed by atoms with Gasteiger partial charge >= 0.3 is 0 Å². The first-order chi connectivity index (χ1) is 18.6. The second-order valence-corrected chi connectivity index (χ2v) is 10.0. The molecule has 0 aliphatic carbocycles. The van der Waals surface area contributed by atoms with E-state index >= 15 is 0 Å². The molecule has 38 heavy (non-hydrogen) atoms. The van der Waals surface area contributed by atoms with E-state index in [1.165, 1.54) is 51.4 Å². The highest BCUT2D eigenvalue weighted by atomic mass is 15.3. The molecule has 0 spiro atoms. The Morgan fingerprint density at radius 1 is 0.579 bits per heavy atom. The molecule has 0 saturated carbocycles. The van der Waals surface area contributed by atoms with Crippen LogP contribution < -0.4 is 21.7 Å². The number of nitrogens with one attached hydrogen (secondary N) is 3. The summed E-state index contributed by atoms with van der Waals surface area (Å²) in [4.78, 5) is 19.1. The number of benzene rings is 1. The minimum absolute atomic E-state index is 0.511. The highest BCUT2D eigenvalue weighted by Gasteiger charge is 2.10. The molecule has 0 radical (unpaired) electrons. The zero-order valence-corrected chi connectivity index (χ0v) is 24.4. The maximum Gasteiger partial charge on any atom is 0.233 e. The maximum atomic E-state index is 5.85. The van der Waals surface area contributed by atoms with Crippen molar-refractivity contribution in [2.75, 3.05) is 74.0 Å². The molecule has 0 aliphatic rings. The highest BCUT2D eigenvalue weighted by Crippen LogP contribution is 2.17. The minimum Gasteiger partial charge on any atom is -0.399 e. The van der Waals surface area contributed by atoms with Crippen LogP contribution in [0.2, 0.25) is 0 Å². The fourth-order valence-corrected chi connectivity index (χ4v) is 4.13. The molecular formula is C29H53N9. The van der Waals surface area contributed by atoms with Crippen LogP contribution in [0.4, 0.5) is 29.2 Å². The Morgan fingerprint density at radius 2 is 0.974 bits per heavy atom. The zero-order valence-electron chi connectivity index (χ0n) is 24.4. The minimum atomic E-state index is 0.511. The first-order valence-electron chi connectivity index (χ1n) is 14.9. The molecule has 1 aromatic heterocycles. The quantitative estimate of drug-likeness (QED) is 0.141. The van der Waals surface area contributed by atoms with Crippen molar-refractivity contribution in [3.8, 4) is 0 Å². The van der Waals surface area contributed by atoms with Crippen LogP contribution in [0.5, 0.6) is 0 Å². The maximum absolute atomic E-state index is 5.85. The van der Waals surface area contributed by atoms with Crippen molar-refractivity contribution in [1.82, 2.24) is 24.8 Å². The Bertz CT molecular complexity index is 799. The van der Waals surface area contributed by atoms with Gasteiger partial charge < -0.3 is 31.5 Å². The first kappa shape index (κ1) is 31.6. The highest BCUT2D eigenvalue weighted by molar-refractivity contribution is 5.58. The largest absolute Gasteiger partial charge is 0.399 e. The van der Waals surface area contributed by atoms with E-state index in [1.54, 1.807) is 0 Å². The summed E-state index contributed by atoms with van der Waals surface area (Å²) in [6, 6.07) is 7.59. The van der Waals surface area contributed by atoms with Crippen molar-refractivity contribution >= 4 is 29.2 Å². The van der Waals surface area contributed by atoms with Crippen LogP contribution in [-0.2, 0) is 0 Å². The molecule has 0 bridgehead atoms. The molecule has 9 nitrogen and oxygen atoms in total. The molecule has 0 atom stereocenters. The van der Waals surface area contributed by atoms with Crippen molar-refractivity contribution < 1.29 is 0 Å². The van der Waals surface area contributed by atoms with E-state index in [9.17, 15) is 0 Å². The van der Waals surface area contributed by atoms with Gasteiger partial charge in [-0.05, 0) is 76.1 Å².